The molecular formula is C15H21N3O2. The summed E-state index contributed by atoms with van der Waals surface area (Å²) in [7, 11) is 1.65. The number of piperazine rings is 1. The summed E-state index contributed by atoms with van der Waals surface area (Å²) >= 11 is 0. The van der Waals surface area contributed by atoms with Gasteiger partial charge in [-0.2, -0.15) is 0 Å². The number of carbonyl (C=O) groups excluding carboxylic acids is 2. The standard InChI is InChI=1S/C15H21N3O2/c1-17-10-15(20)18(11-14(17)19)13-7-5-12(6-8-13)4-2-3-9-16/h5-8H,2-4,9-11,16H2,1H3. The molecule has 0 bridgehead atoms. The fourth-order valence-electron chi connectivity index (χ4n) is 2.27. The molecule has 1 aliphatic rings. The van der Waals surface area contributed by atoms with Crippen LogP contribution >= 0.6 is 0 Å². The number of hydrogen-bond donors (Lipinski definition) is 1. The third kappa shape index (κ3) is 3.36. The van der Waals surface area contributed by atoms with E-state index in [1.54, 1.807) is 11.9 Å². The van der Waals surface area contributed by atoms with Gasteiger partial charge in [-0.05, 0) is 43.5 Å². The highest BCUT2D eigenvalue weighted by molar-refractivity contribution is 6.04. The zero-order chi connectivity index (χ0) is 14.5. The predicted octanol–water partition coefficient (Wildman–Crippen LogP) is 0.773. The van der Waals surface area contributed by atoms with E-state index in [1.165, 1.54) is 10.5 Å². The molecule has 108 valence electrons. The predicted molar refractivity (Wildman–Crippen MR) is 78.4 cm³/mol. The lowest BCUT2D eigenvalue weighted by Crippen LogP contribution is -2.52. The van der Waals surface area contributed by atoms with Crippen molar-refractivity contribution in [3.8, 4) is 0 Å². The molecule has 0 spiro atoms. The molecule has 20 heavy (non-hydrogen) atoms. The largest absolute Gasteiger partial charge is 0.335 e. The third-order valence-electron chi connectivity index (χ3n) is 3.56. The fraction of sp³-hybridized carbons (Fsp3) is 0.467. The van der Waals surface area contributed by atoms with Crippen LogP contribution in [0.3, 0.4) is 0 Å². The lowest BCUT2D eigenvalue weighted by Gasteiger charge is -2.31. The highest BCUT2D eigenvalue weighted by atomic mass is 16.2. The molecule has 0 atom stereocenters. The minimum atomic E-state index is -0.0389. The summed E-state index contributed by atoms with van der Waals surface area (Å²) in [5, 5.41) is 0. The second-order valence-corrected chi connectivity index (χ2v) is 5.14. The molecule has 5 heteroatoms. The number of hydrogen-bond acceptors (Lipinski definition) is 3. The Kier molecular flexibility index (Phi) is 4.74. The van der Waals surface area contributed by atoms with Gasteiger partial charge in [0.1, 0.15) is 6.54 Å². The number of amides is 2. The highest BCUT2D eigenvalue weighted by Gasteiger charge is 2.28. The second-order valence-electron chi connectivity index (χ2n) is 5.14. The van der Waals surface area contributed by atoms with Crippen LogP contribution in [0.2, 0.25) is 0 Å². The first kappa shape index (κ1) is 14.5. The summed E-state index contributed by atoms with van der Waals surface area (Å²) in [5.74, 6) is -0.0698. The molecule has 1 fully saturated rings. The first-order valence-corrected chi connectivity index (χ1v) is 6.95. The van der Waals surface area contributed by atoms with E-state index in [9.17, 15) is 9.59 Å². The maximum absolute atomic E-state index is 12.0. The number of carbonyl (C=O) groups is 2. The number of nitrogens with two attached hydrogens (primary N) is 1. The Morgan fingerprint density at radius 3 is 2.40 bits per heavy atom. The number of benzene rings is 1. The average Bonchev–Trinajstić information content (AvgIpc) is 2.44. The van der Waals surface area contributed by atoms with Gasteiger partial charge in [0, 0.05) is 12.7 Å². The first-order chi connectivity index (χ1) is 9.61. The number of likely N-dealkylation sites (N-methyl/N-ethyl adjacent to an activating group) is 1. The van der Waals surface area contributed by atoms with Gasteiger partial charge in [0.25, 0.3) is 0 Å². The van der Waals surface area contributed by atoms with E-state index in [0.29, 0.717) is 0 Å². The van der Waals surface area contributed by atoms with Crippen LogP contribution in [0.25, 0.3) is 0 Å². The fourth-order valence-corrected chi connectivity index (χ4v) is 2.27. The molecule has 2 rings (SSSR count). The van der Waals surface area contributed by atoms with E-state index in [-0.39, 0.29) is 24.9 Å². The lowest BCUT2D eigenvalue weighted by atomic mass is 10.1. The maximum atomic E-state index is 12.0. The van der Waals surface area contributed by atoms with Gasteiger partial charge in [-0.3, -0.25) is 9.59 Å². The molecule has 0 radical (unpaired) electrons. The third-order valence-corrected chi connectivity index (χ3v) is 3.56. The van der Waals surface area contributed by atoms with Crippen molar-refractivity contribution in [2.45, 2.75) is 19.3 Å². The number of rotatable bonds is 5. The van der Waals surface area contributed by atoms with Crippen molar-refractivity contribution in [2.24, 2.45) is 5.73 Å². The zero-order valence-electron chi connectivity index (χ0n) is 11.8. The summed E-state index contributed by atoms with van der Waals surface area (Å²) in [6.07, 6.45) is 3.09. The van der Waals surface area contributed by atoms with Crippen LogP contribution < -0.4 is 10.6 Å². The molecule has 0 saturated carbocycles. The minimum Gasteiger partial charge on any atom is -0.335 e. The molecule has 0 aromatic heterocycles. The number of anilines is 1. The second kappa shape index (κ2) is 6.52. The first-order valence-electron chi connectivity index (χ1n) is 6.95. The Morgan fingerprint density at radius 1 is 1.05 bits per heavy atom. The summed E-state index contributed by atoms with van der Waals surface area (Å²) < 4.78 is 0. The van der Waals surface area contributed by atoms with E-state index in [2.05, 4.69) is 0 Å². The van der Waals surface area contributed by atoms with Gasteiger partial charge < -0.3 is 15.5 Å². The Hall–Kier alpha value is -1.88. The van der Waals surface area contributed by atoms with E-state index in [4.69, 9.17) is 5.73 Å². The van der Waals surface area contributed by atoms with Crippen molar-refractivity contribution in [2.75, 3.05) is 31.6 Å². The SMILES string of the molecule is CN1CC(=O)N(c2ccc(CCCCN)cc2)CC1=O. The van der Waals surface area contributed by atoms with Crippen LogP contribution in [0.15, 0.2) is 24.3 Å². The van der Waals surface area contributed by atoms with Crippen molar-refractivity contribution in [1.29, 1.82) is 0 Å². The van der Waals surface area contributed by atoms with Gasteiger partial charge in [-0.1, -0.05) is 12.1 Å². The number of unbranched alkanes of at least 4 members (excludes halogenated alkanes) is 1. The molecule has 1 aromatic carbocycles. The Labute approximate surface area is 119 Å². The topological polar surface area (TPSA) is 66.6 Å². The molecule has 2 amide bonds. The zero-order valence-corrected chi connectivity index (χ0v) is 11.8. The Bertz CT molecular complexity index is 484. The molecule has 2 N–H and O–H groups in total. The van der Waals surface area contributed by atoms with Crippen molar-refractivity contribution < 1.29 is 9.59 Å². The van der Waals surface area contributed by atoms with Crippen LogP contribution in [0, 0.1) is 0 Å². The van der Waals surface area contributed by atoms with Crippen molar-refractivity contribution >= 4 is 17.5 Å². The van der Waals surface area contributed by atoms with Crippen LogP contribution in [-0.4, -0.2) is 43.4 Å². The monoisotopic (exact) mass is 275 g/mol. The smallest absolute Gasteiger partial charge is 0.247 e. The van der Waals surface area contributed by atoms with Crippen molar-refractivity contribution in [1.82, 2.24) is 4.90 Å². The van der Waals surface area contributed by atoms with Crippen LogP contribution in [0.4, 0.5) is 5.69 Å². The van der Waals surface area contributed by atoms with Crippen LogP contribution in [-0.2, 0) is 16.0 Å². The summed E-state index contributed by atoms with van der Waals surface area (Å²) in [6.45, 7) is 0.995. The lowest BCUT2D eigenvalue weighted by molar-refractivity contribution is -0.136. The molecular weight excluding hydrogens is 254 g/mol. The van der Waals surface area contributed by atoms with Crippen molar-refractivity contribution in [3.05, 3.63) is 29.8 Å². The minimum absolute atomic E-state index is 0.0309. The maximum Gasteiger partial charge on any atom is 0.247 e. The molecule has 0 aliphatic carbocycles. The Morgan fingerprint density at radius 2 is 1.75 bits per heavy atom. The van der Waals surface area contributed by atoms with Crippen LogP contribution in [0.1, 0.15) is 18.4 Å². The van der Waals surface area contributed by atoms with E-state index >= 15 is 0 Å². The summed E-state index contributed by atoms with van der Waals surface area (Å²) in [4.78, 5) is 26.7. The van der Waals surface area contributed by atoms with E-state index in [0.717, 1.165) is 31.5 Å². The molecule has 1 aromatic rings. The summed E-state index contributed by atoms with van der Waals surface area (Å²) in [5.41, 5.74) is 7.50. The number of nitrogens with zero attached hydrogens (tertiary/aromatic N) is 2. The van der Waals surface area contributed by atoms with Gasteiger partial charge >= 0.3 is 0 Å². The van der Waals surface area contributed by atoms with Crippen molar-refractivity contribution in [3.63, 3.8) is 0 Å². The molecule has 0 unspecified atom stereocenters. The normalized spacial score (nSPS) is 15.9. The Balaban J connectivity index is 2.02. The molecule has 1 heterocycles. The molecule has 1 aliphatic heterocycles. The average molecular weight is 275 g/mol. The quantitative estimate of drug-likeness (QED) is 0.807. The van der Waals surface area contributed by atoms with Gasteiger partial charge in [-0.25, -0.2) is 0 Å². The van der Waals surface area contributed by atoms with E-state index in [1.807, 2.05) is 24.3 Å². The van der Waals surface area contributed by atoms with Gasteiger partial charge in [0.15, 0.2) is 0 Å². The van der Waals surface area contributed by atoms with E-state index < -0.39 is 0 Å². The highest BCUT2D eigenvalue weighted by Crippen LogP contribution is 2.19. The van der Waals surface area contributed by atoms with Crippen LogP contribution in [0.5, 0.6) is 0 Å². The van der Waals surface area contributed by atoms with Gasteiger partial charge in [0.2, 0.25) is 11.8 Å². The summed E-state index contributed by atoms with van der Waals surface area (Å²) in [6, 6.07) is 7.85. The molecule has 5 nitrogen and oxygen atoms in total. The van der Waals surface area contributed by atoms with Gasteiger partial charge in [-0.15, -0.1) is 0 Å². The number of aryl methyl sites for hydroxylation is 1. The molecule has 1 saturated heterocycles. The van der Waals surface area contributed by atoms with Gasteiger partial charge in [0.05, 0.1) is 6.54 Å².